The summed E-state index contributed by atoms with van der Waals surface area (Å²) < 4.78 is 0. The summed E-state index contributed by atoms with van der Waals surface area (Å²) in [4.78, 5) is 20.7. The highest BCUT2D eigenvalue weighted by molar-refractivity contribution is 6.09. The minimum absolute atomic E-state index is 0.693. The van der Waals surface area contributed by atoms with Crippen LogP contribution in [0.2, 0.25) is 0 Å². The van der Waals surface area contributed by atoms with E-state index in [1.54, 1.807) is 0 Å². The monoisotopic (exact) mass is 790 g/mol. The van der Waals surface area contributed by atoms with E-state index in [2.05, 4.69) is 194 Å². The molecule has 3 aromatic heterocycles. The van der Waals surface area contributed by atoms with Crippen molar-refractivity contribution in [3.8, 4) is 89.8 Å². The summed E-state index contributed by atoms with van der Waals surface area (Å²) in [6.07, 6.45) is 0. The number of pyridine rings is 2. The van der Waals surface area contributed by atoms with Gasteiger partial charge in [-0.05, 0) is 57.6 Å². The Hall–Kier alpha value is -8.34. The third kappa shape index (κ3) is 7.20. The second kappa shape index (κ2) is 16.0. The average Bonchev–Trinajstić information content (AvgIpc) is 3.37. The van der Waals surface area contributed by atoms with Crippen LogP contribution >= 0.6 is 0 Å². The SMILES string of the molecule is c1ccc(-c2ccc(-c3cc(-c4cccc(-c5ccc(-c6cc(-c7ccccc7)nc7c6ccc6ccc(-c8ccccc8)nc67)cc5)c4)nc(-c4ccccc4)n3)cc2)cc1. The number of aromatic nitrogens is 4. The Kier molecular flexibility index (Phi) is 9.49. The number of nitrogens with zero attached hydrogens (tertiary/aromatic N) is 4. The summed E-state index contributed by atoms with van der Waals surface area (Å²) in [6.45, 7) is 0. The van der Waals surface area contributed by atoms with Crippen LogP contribution in [0.3, 0.4) is 0 Å². The summed E-state index contributed by atoms with van der Waals surface area (Å²) in [5.74, 6) is 0.693. The minimum Gasteiger partial charge on any atom is -0.245 e. The molecule has 0 fully saturated rings. The van der Waals surface area contributed by atoms with Gasteiger partial charge in [0.25, 0.3) is 0 Å². The van der Waals surface area contributed by atoms with Gasteiger partial charge < -0.3 is 0 Å². The molecule has 4 nitrogen and oxygen atoms in total. The van der Waals surface area contributed by atoms with Crippen LogP contribution in [0.25, 0.3) is 112 Å². The fourth-order valence-electron chi connectivity index (χ4n) is 8.26. The first-order valence-corrected chi connectivity index (χ1v) is 20.9. The van der Waals surface area contributed by atoms with Crippen molar-refractivity contribution in [2.45, 2.75) is 0 Å². The van der Waals surface area contributed by atoms with Crippen LogP contribution in [0.5, 0.6) is 0 Å². The fraction of sp³-hybridized carbons (Fsp3) is 0. The van der Waals surface area contributed by atoms with E-state index >= 15 is 0 Å². The van der Waals surface area contributed by atoms with Crippen molar-refractivity contribution in [1.82, 2.24) is 19.9 Å². The van der Waals surface area contributed by atoms with Gasteiger partial charge in [-0.25, -0.2) is 19.9 Å². The van der Waals surface area contributed by atoms with E-state index < -0.39 is 0 Å². The van der Waals surface area contributed by atoms with Gasteiger partial charge in [-0.2, -0.15) is 0 Å². The molecule has 0 saturated carbocycles. The van der Waals surface area contributed by atoms with Crippen molar-refractivity contribution in [3.05, 3.63) is 231 Å². The molecular weight excluding hydrogens is 753 g/mol. The van der Waals surface area contributed by atoms with E-state index in [9.17, 15) is 0 Å². The van der Waals surface area contributed by atoms with Crippen LogP contribution in [-0.2, 0) is 0 Å². The first-order valence-electron chi connectivity index (χ1n) is 20.9. The molecule has 62 heavy (non-hydrogen) atoms. The normalized spacial score (nSPS) is 11.2. The van der Waals surface area contributed by atoms with E-state index in [4.69, 9.17) is 19.9 Å². The van der Waals surface area contributed by atoms with Crippen LogP contribution in [0.4, 0.5) is 0 Å². The minimum atomic E-state index is 0.693. The van der Waals surface area contributed by atoms with Crippen molar-refractivity contribution >= 4 is 21.8 Å². The molecule has 0 aliphatic carbocycles. The number of hydrogen-bond acceptors (Lipinski definition) is 4. The smallest absolute Gasteiger partial charge is 0.160 e. The standard InChI is InChI=1S/C58H38N4/c1-5-14-39(15-6-1)40-26-30-45(31-27-40)54-38-55(62-58(61-54)47-20-11-4-12-21-47)49-23-13-22-48(36-49)41-24-28-42(29-25-41)51-37-53(44-18-9-3-10-19-44)60-57-50(51)34-32-46-33-35-52(59-56(46)57)43-16-7-2-8-17-43/h1-38H. The summed E-state index contributed by atoms with van der Waals surface area (Å²) in [5.41, 5.74) is 17.3. The predicted octanol–water partition coefficient (Wildman–Crippen LogP) is 14.9. The Morgan fingerprint density at radius 2 is 0.661 bits per heavy atom. The Morgan fingerprint density at radius 3 is 1.32 bits per heavy atom. The van der Waals surface area contributed by atoms with Crippen molar-refractivity contribution in [2.75, 3.05) is 0 Å². The maximum Gasteiger partial charge on any atom is 0.160 e. The zero-order valence-corrected chi connectivity index (χ0v) is 33.7. The van der Waals surface area contributed by atoms with Crippen LogP contribution in [-0.4, -0.2) is 19.9 Å². The molecule has 0 unspecified atom stereocenters. The molecule has 8 aromatic carbocycles. The molecule has 0 radical (unpaired) electrons. The highest BCUT2D eigenvalue weighted by Crippen LogP contribution is 2.38. The fourth-order valence-corrected chi connectivity index (χ4v) is 8.26. The molecule has 0 aliphatic heterocycles. The quantitative estimate of drug-likeness (QED) is 0.144. The Morgan fingerprint density at radius 1 is 0.226 bits per heavy atom. The van der Waals surface area contributed by atoms with Crippen molar-refractivity contribution < 1.29 is 0 Å². The van der Waals surface area contributed by atoms with Gasteiger partial charge in [-0.3, -0.25) is 0 Å². The van der Waals surface area contributed by atoms with Gasteiger partial charge in [0.15, 0.2) is 5.82 Å². The summed E-state index contributed by atoms with van der Waals surface area (Å²) in [5, 5.41) is 2.12. The zero-order chi connectivity index (χ0) is 41.2. The van der Waals surface area contributed by atoms with Crippen LogP contribution in [0.1, 0.15) is 0 Å². The third-order valence-electron chi connectivity index (χ3n) is 11.5. The second-order valence-corrected chi connectivity index (χ2v) is 15.4. The lowest BCUT2D eigenvalue weighted by atomic mass is 9.94. The molecule has 3 heterocycles. The van der Waals surface area contributed by atoms with Crippen molar-refractivity contribution in [1.29, 1.82) is 0 Å². The molecule has 11 aromatic rings. The Labute approximate surface area is 360 Å². The van der Waals surface area contributed by atoms with E-state index in [0.29, 0.717) is 5.82 Å². The lowest BCUT2D eigenvalue weighted by Crippen LogP contribution is -1.96. The van der Waals surface area contributed by atoms with Crippen molar-refractivity contribution in [3.63, 3.8) is 0 Å². The molecular formula is C58H38N4. The van der Waals surface area contributed by atoms with E-state index in [1.165, 1.54) is 11.1 Å². The van der Waals surface area contributed by atoms with Gasteiger partial charge >= 0.3 is 0 Å². The van der Waals surface area contributed by atoms with Crippen LogP contribution < -0.4 is 0 Å². The van der Waals surface area contributed by atoms with Gasteiger partial charge in [0.05, 0.1) is 33.8 Å². The molecule has 0 bridgehead atoms. The van der Waals surface area contributed by atoms with E-state index in [0.717, 1.165) is 94.7 Å². The number of benzene rings is 8. The summed E-state index contributed by atoms with van der Waals surface area (Å²) in [6, 6.07) is 80.4. The summed E-state index contributed by atoms with van der Waals surface area (Å²) >= 11 is 0. The van der Waals surface area contributed by atoms with Gasteiger partial charge in [0.2, 0.25) is 0 Å². The van der Waals surface area contributed by atoms with E-state index in [1.807, 2.05) is 36.4 Å². The van der Waals surface area contributed by atoms with Crippen molar-refractivity contribution in [2.24, 2.45) is 0 Å². The lowest BCUT2D eigenvalue weighted by molar-refractivity contribution is 1.18. The largest absolute Gasteiger partial charge is 0.245 e. The van der Waals surface area contributed by atoms with Gasteiger partial charge in [0.1, 0.15) is 0 Å². The molecule has 4 heteroatoms. The summed E-state index contributed by atoms with van der Waals surface area (Å²) in [7, 11) is 0. The highest BCUT2D eigenvalue weighted by atomic mass is 14.9. The molecule has 0 atom stereocenters. The second-order valence-electron chi connectivity index (χ2n) is 15.4. The molecule has 0 amide bonds. The average molecular weight is 791 g/mol. The Bertz CT molecular complexity index is 3350. The Balaban J connectivity index is 0.977. The van der Waals surface area contributed by atoms with Gasteiger partial charge in [0, 0.05) is 38.6 Å². The first-order chi connectivity index (χ1) is 30.7. The van der Waals surface area contributed by atoms with E-state index in [-0.39, 0.29) is 0 Å². The van der Waals surface area contributed by atoms with Gasteiger partial charge in [-0.1, -0.05) is 206 Å². The highest BCUT2D eigenvalue weighted by Gasteiger charge is 2.16. The zero-order valence-electron chi connectivity index (χ0n) is 33.7. The number of hydrogen-bond donors (Lipinski definition) is 0. The molecule has 0 spiro atoms. The maximum atomic E-state index is 5.29. The number of fused-ring (bicyclic) bond motifs is 3. The van der Waals surface area contributed by atoms with Crippen LogP contribution in [0, 0.1) is 0 Å². The first kappa shape index (κ1) is 36.7. The predicted molar refractivity (Wildman–Crippen MR) is 256 cm³/mol. The number of rotatable bonds is 8. The lowest BCUT2D eigenvalue weighted by Gasteiger charge is -2.14. The van der Waals surface area contributed by atoms with Gasteiger partial charge in [-0.15, -0.1) is 0 Å². The molecule has 0 saturated heterocycles. The maximum absolute atomic E-state index is 5.29. The molecule has 0 aliphatic rings. The third-order valence-corrected chi connectivity index (χ3v) is 11.5. The molecule has 290 valence electrons. The molecule has 11 rings (SSSR count). The van der Waals surface area contributed by atoms with Crippen LogP contribution in [0.15, 0.2) is 231 Å². The molecule has 0 N–H and O–H groups in total. The topological polar surface area (TPSA) is 51.6 Å².